The first kappa shape index (κ1) is 22.4. The van der Waals surface area contributed by atoms with Gasteiger partial charge in [0.15, 0.2) is 0 Å². The molecule has 3 rings (SSSR count). The molecule has 2 aromatic carbocycles. The maximum absolute atomic E-state index is 14.9. The van der Waals surface area contributed by atoms with Crippen LogP contribution in [0.15, 0.2) is 59.2 Å². The van der Waals surface area contributed by atoms with E-state index in [2.05, 4.69) is 10.3 Å². The molecule has 1 N–H and O–H groups in total. The fourth-order valence-corrected chi connectivity index (χ4v) is 3.27. The molecule has 0 bridgehead atoms. The first-order valence-electron chi connectivity index (χ1n) is 10.0. The number of carbonyl (C=O) groups is 1. The number of benzene rings is 2. The lowest BCUT2D eigenvalue weighted by molar-refractivity contribution is -0.104. The van der Waals surface area contributed by atoms with E-state index in [9.17, 15) is 13.6 Å². The number of amidine groups is 1. The Morgan fingerprint density at radius 1 is 1.23 bits per heavy atom. The number of likely N-dealkylation sites (N-methyl/N-ethyl adjacent to an activating group) is 1. The highest BCUT2D eigenvalue weighted by Gasteiger charge is 2.17. The van der Waals surface area contributed by atoms with E-state index in [1.807, 2.05) is 11.0 Å². The Kier molecular flexibility index (Phi) is 7.72. The minimum Gasteiger partial charge on any atom is -0.378 e. The molecule has 8 heteroatoms. The van der Waals surface area contributed by atoms with Gasteiger partial charge in [0.1, 0.15) is 23.8 Å². The summed E-state index contributed by atoms with van der Waals surface area (Å²) in [5, 5.41) is 3.12. The largest absolute Gasteiger partial charge is 0.378 e. The summed E-state index contributed by atoms with van der Waals surface area (Å²) in [6, 6.07) is 11.1. The van der Waals surface area contributed by atoms with Crippen LogP contribution in [0.2, 0.25) is 0 Å². The van der Waals surface area contributed by atoms with E-state index >= 15 is 0 Å². The third-order valence-electron chi connectivity index (χ3n) is 4.95. The summed E-state index contributed by atoms with van der Waals surface area (Å²) in [6.45, 7) is 4.39. The summed E-state index contributed by atoms with van der Waals surface area (Å²) >= 11 is 0. The number of morpholine rings is 1. The molecule has 0 aromatic heterocycles. The average Bonchev–Trinajstić information content (AvgIpc) is 2.77. The number of nitrogens with zero attached hydrogens (tertiary/aromatic N) is 3. The number of allylic oxidation sites excluding steroid dienone is 2. The molecular weight excluding hydrogens is 402 g/mol. The van der Waals surface area contributed by atoms with Crippen LogP contribution in [0.25, 0.3) is 0 Å². The van der Waals surface area contributed by atoms with Gasteiger partial charge in [0, 0.05) is 37.2 Å². The minimum atomic E-state index is -0.352. The summed E-state index contributed by atoms with van der Waals surface area (Å²) < 4.78 is 33.7. The number of aldehydes is 1. The van der Waals surface area contributed by atoms with Crippen molar-refractivity contribution in [3.8, 4) is 0 Å². The zero-order valence-electron chi connectivity index (χ0n) is 17.6. The Labute approximate surface area is 180 Å². The van der Waals surface area contributed by atoms with Crippen LogP contribution in [0.3, 0.4) is 0 Å². The van der Waals surface area contributed by atoms with Crippen LogP contribution in [0.5, 0.6) is 0 Å². The number of nitrogens with one attached hydrogen (secondary N) is 1. The highest BCUT2D eigenvalue weighted by Crippen LogP contribution is 2.26. The molecule has 2 aromatic rings. The van der Waals surface area contributed by atoms with E-state index < -0.39 is 0 Å². The van der Waals surface area contributed by atoms with Crippen molar-refractivity contribution in [1.82, 2.24) is 0 Å². The molecule has 0 spiro atoms. The second kappa shape index (κ2) is 10.7. The summed E-state index contributed by atoms with van der Waals surface area (Å²) in [4.78, 5) is 19.0. The van der Waals surface area contributed by atoms with Crippen LogP contribution < -0.4 is 15.1 Å². The van der Waals surface area contributed by atoms with Crippen molar-refractivity contribution in [2.75, 3.05) is 55.0 Å². The molecule has 0 aliphatic carbocycles. The standard InChI is InChI=1S/C23H26F2N4O2/c1-17(8-11-30)27-23(16-26-19-5-3-4-18(24)14-19)28(2)20-6-7-22(21(25)15-20)29-9-12-31-13-10-29/h3-8,11,14-15,26H,9-10,12-13,16H2,1-2H3/b17-8-,27-23?. The second-order valence-electron chi connectivity index (χ2n) is 7.13. The summed E-state index contributed by atoms with van der Waals surface area (Å²) in [5.41, 5.74) is 2.23. The van der Waals surface area contributed by atoms with Gasteiger partial charge in [-0.1, -0.05) is 6.07 Å². The summed E-state index contributed by atoms with van der Waals surface area (Å²) in [6.07, 6.45) is 2.01. The van der Waals surface area contributed by atoms with Gasteiger partial charge in [0.2, 0.25) is 0 Å². The predicted octanol–water partition coefficient (Wildman–Crippen LogP) is 3.85. The number of halogens is 2. The maximum Gasteiger partial charge on any atom is 0.148 e. The van der Waals surface area contributed by atoms with Crippen LogP contribution in [-0.4, -0.2) is 52.0 Å². The van der Waals surface area contributed by atoms with E-state index in [4.69, 9.17) is 4.74 Å². The van der Waals surface area contributed by atoms with Gasteiger partial charge in [-0.15, -0.1) is 0 Å². The lowest BCUT2D eigenvalue weighted by atomic mass is 10.2. The number of carbonyl (C=O) groups excluding carboxylic acids is 1. The molecule has 1 fully saturated rings. The molecule has 31 heavy (non-hydrogen) atoms. The Hall–Kier alpha value is -3.26. The number of aliphatic imine (C=N–C) groups is 1. The highest BCUT2D eigenvalue weighted by atomic mass is 19.1. The zero-order chi connectivity index (χ0) is 22.2. The van der Waals surface area contributed by atoms with E-state index in [1.54, 1.807) is 37.1 Å². The van der Waals surface area contributed by atoms with Gasteiger partial charge in [-0.05, 0) is 49.4 Å². The first-order chi connectivity index (χ1) is 15.0. The van der Waals surface area contributed by atoms with Crippen LogP contribution in [-0.2, 0) is 9.53 Å². The Morgan fingerprint density at radius 3 is 2.68 bits per heavy atom. The van der Waals surface area contributed by atoms with Crippen LogP contribution in [0, 0.1) is 11.6 Å². The summed E-state index contributed by atoms with van der Waals surface area (Å²) in [5.74, 6) is -0.142. The Balaban J connectivity index is 1.83. The van der Waals surface area contributed by atoms with E-state index in [-0.39, 0.29) is 18.2 Å². The SMILES string of the molecule is C/C(=C/C=O)N=C(CNc1cccc(F)c1)N(C)c1ccc(N2CCOCC2)c(F)c1. The van der Waals surface area contributed by atoms with Crippen molar-refractivity contribution >= 4 is 29.2 Å². The first-order valence-corrected chi connectivity index (χ1v) is 10.0. The van der Waals surface area contributed by atoms with Crippen molar-refractivity contribution in [2.24, 2.45) is 4.99 Å². The minimum absolute atomic E-state index is 0.247. The molecular formula is C23H26F2N4O2. The lowest BCUT2D eigenvalue weighted by Gasteiger charge is -2.30. The van der Waals surface area contributed by atoms with Gasteiger partial charge in [-0.2, -0.15) is 0 Å². The van der Waals surface area contributed by atoms with E-state index in [0.29, 0.717) is 61.2 Å². The number of anilines is 3. The van der Waals surface area contributed by atoms with Gasteiger partial charge in [0.05, 0.1) is 25.4 Å². The third-order valence-corrected chi connectivity index (χ3v) is 4.95. The maximum atomic E-state index is 14.9. The second-order valence-corrected chi connectivity index (χ2v) is 7.13. The van der Waals surface area contributed by atoms with Crippen molar-refractivity contribution in [2.45, 2.75) is 6.92 Å². The number of hydrogen-bond acceptors (Lipinski definition) is 5. The molecule has 0 amide bonds. The Bertz CT molecular complexity index is 972. The molecule has 0 radical (unpaired) electrons. The predicted molar refractivity (Wildman–Crippen MR) is 120 cm³/mol. The molecule has 1 heterocycles. The van der Waals surface area contributed by atoms with Gasteiger partial charge in [-0.25, -0.2) is 13.8 Å². The fourth-order valence-electron chi connectivity index (χ4n) is 3.27. The lowest BCUT2D eigenvalue weighted by Crippen LogP contribution is -2.37. The van der Waals surface area contributed by atoms with E-state index in [1.165, 1.54) is 24.3 Å². The number of rotatable bonds is 7. The normalized spacial score (nSPS) is 15.0. The van der Waals surface area contributed by atoms with Gasteiger partial charge in [0.25, 0.3) is 0 Å². The van der Waals surface area contributed by atoms with Crippen LogP contribution in [0.4, 0.5) is 25.8 Å². The Morgan fingerprint density at radius 2 is 2.00 bits per heavy atom. The molecule has 1 aliphatic rings. The zero-order valence-corrected chi connectivity index (χ0v) is 17.6. The van der Waals surface area contributed by atoms with Crippen LogP contribution >= 0.6 is 0 Å². The van der Waals surface area contributed by atoms with Crippen molar-refractivity contribution in [3.05, 3.63) is 65.9 Å². The number of ether oxygens (including phenoxy) is 1. The van der Waals surface area contributed by atoms with Gasteiger partial charge >= 0.3 is 0 Å². The molecule has 164 valence electrons. The molecule has 6 nitrogen and oxygen atoms in total. The van der Waals surface area contributed by atoms with Gasteiger partial charge in [-0.3, -0.25) is 4.79 Å². The molecule has 1 aliphatic heterocycles. The topological polar surface area (TPSA) is 57.2 Å². The summed E-state index contributed by atoms with van der Waals surface area (Å²) in [7, 11) is 1.77. The quantitative estimate of drug-likeness (QED) is 0.314. The van der Waals surface area contributed by atoms with Crippen molar-refractivity contribution < 1.29 is 18.3 Å². The van der Waals surface area contributed by atoms with Gasteiger partial charge < -0.3 is 19.9 Å². The monoisotopic (exact) mass is 428 g/mol. The average molecular weight is 428 g/mol. The molecule has 0 saturated carbocycles. The highest BCUT2D eigenvalue weighted by molar-refractivity contribution is 6.00. The van der Waals surface area contributed by atoms with Crippen molar-refractivity contribution in [3.63, 3.8) is 0 Å². The van der Waals surface area contributed by atoms with E-state index in [0.717, 1.165) is 0 Å². The molecule has 1 saturated heterocycles. The number of hydrogen-bond donors (Lipinski definition) is 1. The van der Waals surface area contributed by atoms with Crippen molar-refractivity contribution in [1.29, 1.82) is 0 Å². The third kappa shape index (κ3) is 6.11. The molecule has 0 unspecified atom stereocenters. The van der Waals surface area contributed by atoms with Crippen LogP contribution in [0.1, 0.15) is 6.92 Å². The fraction of sp³-hybridized carbons (Fsp3) is 0.304. The smallest absolute Gasteiger partial charge is 0.148 e. The molecule has 0 atom stereocenters.